The maximum absolute atomic E-state index is 13.0. The number of ether oxygens (including phenoxy) is 1. The summed E-state index contributed by atoms with van der Waals surface area (Å²) in [5.41, 5.74) is 8.89. The summed E-state index contributed by atoms with van der Waals surface area (Å²) < 4.78 is 6.75. The first kappa shape index (κ1) is 21.1. The Labute approximate surface area is 191 Å². The average Bonchev–Trinajstić information content (AvgIpc) is 3.30. The predicted octanol–water partition coefficient (Wildman–Crippen LogP) is 4.18. The Bertz CT molecular complexity index is 1210. The third-order valence-corrected chi connectivity index (χ3v) is 4.85. The molecule has 0 aliphatic carbocycles. The van der Waals surface area contributed by atoms with Crippen molar-refractivity contribution < 1.29 is 9.53 Å². The summed E-state index contributed by atoms with van der Waals surface area (Å²) in [5.74, 6) is 0.369. The van der Waals surface area contributed by atoms with E-state index in [1.165, 1.54) is 0 Å². The van der Waals surface area contributed by atoms with Gasteiger partial charge in [-0.1, -0.05) is 48.5 Å². The Morgan fingerprint density at radius 3 is 2.22 bits per heavy atom. The molecule has 0 fully saturated rings. The Kier molecular flexibility index (Phi) is 6.43. The predicted molar refractivity (Wildman–Crippen MR) is 129 cm³/mol. The van der Waals surface area contributed by atoms with Gasteiger partial charge in [0.05, 0.1) is 18.5 Å². The second kappa shape index (κ2) is 9.76. The molecule has 8 heteroatoms. The lowest BCUT2D eigenvalue weighted by molar-refractivity contribution is 0.0936. The van der Waals surface area contributed by atoms with Crippen LogP contribution in [0, 0.1) is 0 Å². The van der Waals surface area contributed by atoms with Crippen molar-refractivity contribution in [2.75, 3.05) is 12.4 Å². The fraction of sp³-hybridized carbons (Fsp3) is 0.0417. The third-order valence-electron chi connectivity index (χ3n) is 4.65. The van der Waals surface area contributed by atoms with Crippen LogP contribution in [0.25, 0.3) is 16.9 Å². The van der Waals surface area contributed by atoms with E-state index in [4.69, 9.17) is 17.0 Å². The molecule has 0 bridgehead atoms. The second-order valence-electron chi connectivity index (χ2n) is 6.79. The van der Waals surface area contributed by atoms with Crippen LogP contribution in [-0.2, 0) is 0 Å². The van der Waals surface area contributed by atoms with Crippen molar-refractivity contribution in [3.05, 3.63) is 96.7 Å². The Morgan fingerprint density at radius 1 is 0.906 bits per heavy atom. The van der Waals surface area contributed by atoms with Crippen LogP contribution in [0.2, 0.25) is 0 Å². The van der Waals surface area contributed by atoms with E-state index >= 15 is 0 Å². The molecule has 1 aromatic heterocycles. The lowest BCUT2D eigenvalue weighted by Crippen LogP contribution is -2.44. The number of rotatable bonds is 5. The number of nitrogens with zero attached hydrogens (tertiary/aromatic N) is 2. The standard InChI is InChI=1S/C24H21N5O2S/c1-31-20-14-12-18(13-15-20)25-24(32)27-26-23(30)22-16-21(17-8-4-2-5-9-17)28-29(22)19-10-6-3-7-11-19/h2-16H,1H3,(H,26,30)(H2,25,27,32). The number of anilines is 1. The number of amides is 1. The summed E-state index contributed by atoms with van der Waals surface area (Å²) in [5, 5.41) is 7.90. The fourth-order valence-corrected chi connectivity index (χ4v) is 3.24. The second-order valence-corrected chi connectivity index (χ2v) is 7.20. The molecule has 0 aliphatic rings. The Morgan fingerprint density at radius 2 is 1.56 bits per heavy atom. The van der Waals surface area contributed by atoms with E-state index in [2.05, 4.69) is 21.3 Å². The molecule has 1 heterocycles. The van der Waals surface area contributed by atoms with Gasteiger partial charge in [-0.2, -0.15) is 5.10 Å². The van der Waals surface area contributed by atoms with Gasteiger partial charge in [0, 0.05) is 11.3 Å². The molecule has 0 saturated carbocycles. The van der Waals surface area contributed by atoms with E-state index in [0.717, 1.165) is 22.7 Å². The van der Waals surface area contributed by atoms with Crippen molar-refractivity contribution >= 4 is 28.9 Å². The summed E-state index contributed by atoms with van der Waals surface area (Å²) in [6.07, 6.45) is 0. The van der Waals surface area contributed by atoms with Gasteiger partial charge in [0.1, 0.15) is 11.4 Å². The summed E-state index contributed by atoms with van der Waals surface area (Å²) >= 11 is 5.28. The monoisotopic (exact) mass is 443 g/mol. The highest BCUT2D eigenvalue weighted by molar-refractivity contribution is 7.80. The zero-order valence-electron chi connectivity index (χ0n) is 17.3. The van der Waals surface area contributed by atoms with Crippen LogP contribution in [-0.4, -0.2) is 27.9 Å². The number of hydrogen-bond donors (Lipinski definition) is 3. The molecule has 0 atom stereocenters. The molecule has 0 radical (unpaired) electrons. The first-order valence-corrected chi connectivity index (χ1v) is 10.3. The maximum Gasteiger partial charge on any atom is 0.288 e. The van der Waals surface area contributed by atoms with E-state index in [0.29, 0.717) is 11.4 Å². The van der Waals surface area contributed by atoms with Crippen molar-refractivity contribution in [2.24, 2.45) is 0 Å². The van der Waals surface area contributed by atoms with Gasteiger partial charge in [-0.25, -0.2) is 4.68 Å². The van der Waals surface area contributed by atoms with Crippen molar-refractivity contribution in [3.8, 4) is 22.7 Å². The molecule has 0 spiro atoms. The SMILES string of the molecule is COc1ccc(NC(=S)NNC(=O)c2cc(-c3ccccc3)nn2-c2ccccc2)cc1. The molecule has 1 amide bonds. The van der Waals surface area contributed by atoms with Crippen LogP contribution < -0.4 is 20.9 Å². The van der Waals surface area contributed by atoms with Gasteiger partial charge in [0.2, 0.25) is 0 Å². The average molecular weight is 444 g/mol. The van der Waals surface area contributed by atoms with Gasteiger partial charge in [-0.3, -0.25) is 15.6 Å². The highest BCUT2D eigenvalue weighted by atomic mass is 32.1. The van der Waals surface area contributed by atoms with Gasteiger partial charge in [-0.05, 0) is 54.7 Å². The van der Waals surface area contributed by atoms with Gasteiger partial charge >= 0.3 is 0 Å². The van der Waals surface area contributed by atoms with Crippen LogP contribution in [0.3, 0.4) is 0 Å². The number of para-hydroxylation sites is 1. The van der Waals surface area contributed by atoms with E-state index in [-0.39, 0.29) is 11.0 Å². The topological polar surface area (TPSA) is 80.2 Å². The Balaban J connectivity index is 1.50. The number of nitrogens with one attached hydrogen (secondary N) is 3. The normalized spacial score (nSPS) is 10.3. The smallest absolute Gasteiger partial charge is 0.288 e. The lowest BCUT2D eigenvalue weighted by atomic mass is 10.1. The summed E-state index contributed by atoms with van der Waals surface area (Å²) in [6.45, 7) is 0. The molecule has 4 rings (SSSR count). The molecule has 3 N–H and O–H groups in total. The number of carbonyl (C=O) groups excluding carboxylic acids is 1. The van der Waals surface area contributed by atoms with Crippen molar-refractivity contribution in [1.29, 1.82) is 0 Å². The molecule has 32 heavy (non-hydrogen) atoms. The molecule has 0 aliphatic heterocycles. The third kappa shape index (κ3) is 4.93. The lowest BCUT2D eigenvalue weighted by Gasteiger charge is -2.12. The summed E-state index contributed by atoms with van der Waals surface area (Å²) in [4.78, 5) is 13.0. The molecule has 4 aromatic rings. The van der Waals surface area contributed by atoms with Crippen molar-refractivity contribution in [1.82, 2.24) is 20.6 Å². The Hall–Kier alpha value is -4.17. The number of hydrogen-bond acceptors (Lipinski definition) is 4. The van der Waals surface area contributed by atoms with Gasteiger partial charge < -0.3 is 10.1 Å². The van der Waals surface area contributed by atoms with E-state index in [1.54, 1.807) is 17.9 Å². The van der Waals surface area contributed by atoms with Crippen LogP contribution >= 0.6 is 12.2 Å². The summed E-state index contributed by atoms with van der Waals surface area (Å²) in [7, 11) is 1.60. The minimum absolute atomic E-state index is 0.248. The zero-order valence-corrected chi connectivity index (χ0v) is 18.1. The van der Waals surface area contributed by atoms with Gasteiger partial charge in [-0.15, -0.1) is 0 Å². The van der Waals surface area contributed by atoms with Crippen LogP contribution in [0.1, 0.15) is 10.5 Å². The number of hydrazine groups is 1. The minimum atomic E-state index is -0.373. The zero-order chi connectivity index (χ0) is 22.3. The first-order chi connectivity index (χ1) is 15.6. The van der Waals surface area contributed by atoms with Crippen LogP contribution in [0.15, 0.2) is 91.0 Å². The quantitative estimate of drug-likeness (QED) is 0.317. The van der Waals surface area contributed by atoms with E-state index < -0.39 is 0 Å². The molecule has 7 nitrogen and oxygen atoms in total. The van der Waals surface area contributed by atoms with E-state index in [9.17, 15) is 4.79 Å². The summed E-state index contributed by atoms with van der Waals surface area (Å²) in [6, 6.07) is 28.2. The fourth-order valence-electron chi connectivity index (χ4n) is 3.07. The van der Waals surface area contributed by atoms with E-state index in [1.807, 2.05) is 84.9 Å². The number of aromatic nitrogens is 2. The van der Waals surface area contributed by atoms with Crippen LogP contribution in [0.4, 0.5) is 5.69 Å². The van der Waals surface area contributed by atoms with Gasteiger partial charge in [0.25, 0.3) is 5.91 Å². The molecule has 3 aromatic carbocycles. The maximum atomic E-state index is 13.0. The largest absolute Gasteiger partial charge is 0.497 e. The number of benzene rings is 3. The van der Waals surface area contributed by atoms with Crippen molar-refractivity contribution in [3.63, 3.8) is 0 Å². The molecule has 160 valence electrons. The highest BCUT2D eigenvalue weighted by Crippen LogP contribution is 2.21. The number of methoxy groups -OCH3 is 1. The molecular weight excluding hydrogens is 422 g/mol. The molecular formula is C24H21N5O2S. The first-order valence-electron chi connectivity index (χ1n) is 9.86. The minimum Gasteiger partial charge on any atom is -0.497 e. The van der Waals surface area contributed by atoms with Crippen LogP contribution in [0.5, 0.6) is 5.75 Å². The van der Waals surface area contributed by atoms with Gasteiger partial charge in [0.15, 0.2) is 5.11 Å². The number of carbonyl (C=O) groups is 1. The highest BCUT2D eigenvalue weighted by Gasteiger charge is 2.17. The molecule has 0 unspecified atom stereocenters. The number of thiocarbonyl (C=S) groups is 1. The molecule has 0 saturated heterocycles. The van der Waals surface area contributed by atoms with Crippen molar-refractivity contribution in [2.45, 2.75) is 0 Å².